The zero-order valence-corrected chi connectivity index (χ0v) is 22.8. The first-order valence-corrected chi connectivity index (χ1v) is 13.0. The molecule has 46 heavy (non-hydrogen) atoms. The zero-order valence-electron chi connectivity index (χ0n) is 22.8. The van der Waals surface area contributed by atoms with Gasteiger partial charge in [0.25, 0.3) is 0 Å². The summed E-state index contributed by atoms with van der Waals surface area (Å²) in [5.41, 5.74) is -5.66. The van der Waals surface area contributed by atoms with Crippen LogP contribution >= 0.6 is 0 Å². The lowest BCUT2D eigenvalue weighted by Crippen LogP contribution is -2.17. The van der Waals surface area contributed by atoms with E-state index in [1.807, 2.05) is 0 Å². The van der Waals surface area contributed by atoms with Gasteiger partial charge in [0.15, 0.2) is 11.5 Å². The van der Waals surface area contributed by atoms with Gasteiger partial charge in [0.05, 0.1) is 0 Å². The summed E-state index contributed by atoms with van der Waals surface area (Å²) in [6, 6.07) is 11.5. The van der Waals surface area contributed by atoms with E-state index < -0.39 is 102 Å². The number of hydrogen-bond donors (Lipinski definition) is 8. The highest BCUT2D eigenvalue weighted by atomic mass is 16.4. The SMILES string of the molecule is O=C(C(=O)c1c(O)cc2oc(-c3ccc(O)cc3)c(O)c(=O)c2c1O)c1c(O)cc2oc(-c3ccc(O)cc3)c(O)c(=O)c2c1O. The van der Waals surface area contributed by atoms with E-state index in [0.29, 0.717) is 12.1 Å². The van der Waals surface area contributed by atoms with Crippen LogP contribution < -0.4 is 10.9 Å². The third-order valence-corrected chi connectivity index (χ3v) is 7.15. The van der Waals surface area contributed by atoms with E-state index >= 15 is 0 Å². The van der Waals surface area contributed by atoms with E-state index in [1.165, 1.54) is 48.5 Å². The fraction of sp³-hybridized carbons (Fsp3) is 0. The second kappa shape index (κ2) is 10.3. The highest BCUT2D eigenvalue weighted by molar-refractivity contribution is 6.51. The summed E-state index contributed by atoms with van der Waals surface area (Å²) in [4.78, 5) is 52.7. The maximum atomic E-state index is 13.3. The van der Waals surface area contributed by atoms with Gasteiger partial charge >= 0.3 is 0 Å². The number of phenols is 6. The van der Waals surface area contributed by atoms with Gasteiger partial charge in [-0.15, -0.1) is 0 Å². The molecule has 0 saturated heterocycles. The summed E-state index contributed by atoms with van der Waals surface area (Å²) >= 11 is 0. The fourth-order valence-corrected chi connectivity index (χ4v) is 4.91. The minimum absolute atomic E-state index is 0.122. The summed E-state index contributed by atoms with van der Waals surface area (Å²) in [6.45, 7) is 0. The van der Waals surface area contributed by atoms with Crippen LogP contribution in [0.1, 0.15) is 20.7 Å². The Morgan fingerprint density at radius 1 is 0.478 bits per heavy atom. The molecule has 2 aromatic heterocycles. The van der Waals surface area contributed by atoms with Crippen molar-refractivity contribution in [2.24, 2.45) is 0 Å². The number of rotatable bonds is 5. The Balaban J connectivity index is 1.48. The van der Waals surface area contributed by atoms with Crippen molar-refractivity contribution in [3.63, 3.8) is 0 Å². The monoisotopic (exact) mass is 626 g/mol. The van der Waals surface area contributed by atoms with Crippen molar-refractivity contribution in [3.8, 4) is 68.6 Å². The Hall–Kier alpha value is -6.96. The maximum Gasteiger partial charge on any atom is 0.241 e. The second-order valence-electron chi connectivity index (χ2n) is 9.95. The van der Waals surface area contributed by atoms with Gasteiger partial charge in [-0.05, 0) is 48.5 Å². The zero-order chi connectivity index (χ0) is 33.2. The van der Waals surface area contributed by atoms with Crippen molar-refractivity contribution < 1.29 is 59.3 Å². The van der Waals surface area contributed by atoms with Gasteiger partial charge in [0.2, 0.25) is 33.9 Å². The van der Waals surface area contributed by atoms with Crippen LogP contribution in [0.5, 0.6) is 46.0 Å². The molecule has 0 aliphatic heterocycles. The van der Waals surface area contributed by atoms with Crippen LogP contribution in [0.15, 0.2) is 79.1 Å². The minimum Gasteiger partial charge on any atom is -0.508 e. The molecule has 2 heterocycles. The molecule has 0 radical (unpaired) electrons. The van der Waals surface area contributed by atoms with Gasteiger partial charge in [0.1, 0.15) is 67.6 Å². The molecule has 0 amide bonds. The van der Waals surface area contributed by atoms with Crippen LogP contribution in [0.2, 0.25) is 0 Å². The first kappa shape index (κ1) is 29.1. The van der Waals surface area contributed by atoms with Gasteiger partial charge in [-0.2, -0.15) is 0 Å². The molecule has 0 aliphatic rings. The third-order valence-electron chi connectivity index (χ3n) is 7.15. The Bertz CT molecular complexity index is 2230. The number of carbonyl (C=O) groups is 2. The molecule has 0 atom stereocenters. The minimum atomic E-state index is -1.77. The van der Waals surface area contributed by atoms with Crippen LogP contribution in [0.4, 0.5) is 0 Å². The van der Waals surface area contributed by atoms with Gasteiger partial charge in [0, 0.05) is 23.3 Å². The second-order valence-corrected chi connectivity index (χ2v) is 9.95. The van der Waals surface area contributed by atoms with Gasteiger partial charge in [-0.1, -0.05) is 0 Å². The molecule has 0 bridgehead atoms. The van der Waals surface area contributed by atoms with Crippen molar-refractivity contribution in [2.75, 3.05) is 0 Å². The van der Waals surface area contributed by atoms with Crippen LogP contribution in [0.25, 0.3) is 44.6 Å². The molecule has 0 fully saturated rings. The van der Waals surface area contributed by atoms with Crippen molar-refractivity contribution in [1.82, 2.24) is 0 Å². The lowest BCUT2D eigenvalue weighted by Gasteiger charge is -2.13. The van der Waals surface area contributed by atoms with Crippen molar-refractivity contribution in [1.29, 1.82) is 0 Å². The van der Waals surface area contributed by atoms with Crippen molar-refractivity contribution in [3.05, 3.63) is 92.2 Å². The summed E-state index contributed by atoms with van der Waals surface area (Å²) in [5, 5.41) is 81.4. The lowest BCUT2D eigenvalue weighted by atomic mass is 9.95. The summed E-state index contributed by atoms with van der Waals surface area (Å²) < 4.78 is 11.0. The van der Waals surface area contributed by atoms with E-state index in [9.17, 15) is 60.0 Å². The van der Waals surface area contributed by atoms with Gasteiger partial charge < -0.3 is 49.7 Å². The first-order chi connectivity index (χ1) is 21.8. The van der Waals surface area contributed by atoms with E-state index in [4.69, 9.17) is 8.83 Å². The molecule has 14 nitrogen and oxygen atoms in total. The smallest absolute Gasteiger partial charge is 0.241 e. The van der Waals surface area contributed by atoms with Crippen molar-refractivity contribution in [2.45, 2.75) is 0 Å². The number of benzene rings is 4. The number of aromatic hydroxyl groups is 8. The highest BCUT2D eigenvalue weighted by Crippen LogP contribution is 2.42. The molecule has 6 aromatic rings. The molecule has 0 spiro atoms. The summed E-state index contributed by atoms with van der Waals surface area (Å²) in [6.07, 6.45) is 0. The maximum absolute atomic E-state index is 13.3. The number of hydrogen-bond acceptors (Lipinski definition) is 14. The number of carbonyl (C=O) groups excluding carboxylic acids is 2. The van der Waals surface area contributed by atoms with Crippen LogP contribution in [0.3, 0.4) is 0 Å². The summed E-state index contributed by atoms with van der Waals surface area (Å²) in [5.74, 6) is -11.4. The molecule has 0 unspecified atom stereocenters. The van der Waals surface area contributed by atoms with E-state index in [2.05, 4.69) is 0 Å². The Kier molecular flexibility index (Phi) is 6.55. The average Bonchev–Trinajstić information content (AvgIpc) is 3.01. The fourth-order valence-electron chi connectivity index (χ4n) is 4.91. The number of phenolic OH excluding ortho intramolecular Hbond substituents is 6. The van der Waals surface area contributed by atoms with Crippen LogP contribution in [-0.4, -0.2) is 52.4 Å². The normalized spacial score (nSPS) is 11.2. The van der Waals surface area contributed by atoms with Gasteiger partial charge in [-0.3, -0.25) is 19.2 Å². The Morgan fingerprint density at radius 2 is 0.804 bits per heavy atom. The Labute approximate surface area is 253 Å². The average molecular weight is 626 g/mol. The first-order valence-electron chi connectivity index (χ1n) is 13.0. The predicted octanol–water partition coefficient (Wildman–Crippen LogP) is 3.94. The van der Waals surface area contributed by atoms with E-state index in [-0.39, 0.29) is 22.6 Å². The quantitative estimate of drug-likeness (QED) is 0.0996. The molecule has 4 aromatic carbocycles. The van der Waals surface area contributed by atoms with Crippen LogP contribution in [0, 0.1) is 0 Å². The van der Waals surface area contributed by atoms with E-state index in [1.54, 1.807) is 0 Å². The van der Waals surface area contributed by atoms with E-state index in [0.717, 1.165) is 0 Å². The molecule has 0 aliphatic carbocycles. The largest absolute Gasteiger partial charge is 0.508 e. The van der Waals surface area contributed by atoms with Crippen LogP contribution in [-0.2, 0) is 0 Å². The number of fused-ring (bicyclic) bond motifs is 2. The number of ketones is 2. The molecular weight excluding hydrogens is 608 g/mol. The molecule has 0 saturated carbocycles. The summed E-state index contributed by atoms with van der Waals surface area (Å²) in [7, 11) is 0. The third kappa shape index (κ3) is 4.36. The molecule has 230 valence electrons. The standard InChI is InChI=1S/C32H18O14/c33-13-5-1-11(2-6-13)31-29(43)27(41)21-17(45-31)9-15(35)19(23(21)37)25(39)26(40)20-16(36)10-18-22(24(20)38)28(42)30(44)32(46-18)12-3-7-14(34)8-4-12/h1-10,33-38,43-44H. The van der Waals surface area contributed by atoms with Crippen molar-refractivity contribution >= 4 is 33.5 Å². The molecular formula is C32H18O14. The molecule has 6 rings (SSSR count). The topological polar surface area (TPSA) is 256 Å². The molecule has 8 N–H and O–H groups in total. The van der Waals surface area contributed by atoms with Gasteiger partial charge in [-0.25, -0.2) is 0 Å². The predicted molar refractivity (Wildman–Crippen MR) is 158 cm³/mol. The highest BCUT2D eigenvalue weighted by Gasteiger charge is 2.34. The Morgan fingerprint density at radius 3 is 1.13 bits per heavy atom. The lowest BCUT2D eigenvalue weighted by molar-refractivity contribution is 0.0810. The number of Topliss-reactive ketones (excluding diaryl/α,β-unsaturated/α-hetero) is 2. The molecule has 14 heteroatoms.